The van der Waals surface area contributed by atoms with Gasteiger partial charge in [0.25, 0.3) is 5.91 Å². The van der Waals surface area contributed by atoms with Gasteiger partial charge in [-0.2, -0.15) is 4.80 Å². The normalized spacial score (nSPS) is 17.5. The number of rotatable bonds is 3. The van der Waals surface area contributed by atoms with Crippen molar-refractivity contribution in [3.8, 4) is 11.4 Å². The topological polar surface area (TPSA) is 89.9 Å². The number of likely N-dealkylation sites (tertiary alicyclic amines) is 1. The van der Waals surface area contributed by atoms with Gasteiger partial charge in [-0.25, -0.2) is 4.39 Å². The van der Waals surface area contributed by atoms with E-state index in [4.69, 9.17) is 4.52 Å². The van der Waals surface area contributed by atoms with Crippen molar-refractivity contribution < 1.29 is 13.7 Å². The number of hydrogen-bond donors (Lipinski definition) is 0. The van der Waals surface area contributed by atoms with Crippen LogP contribution in [0.4, 0.5) is 4.39 Å². The summed E-state index contributed by atoms with van der Waals surface area (Å²) in [6, 6.07) is 5.88. The molecule has 1 atom stereocenters. The third-order valence-electron chi connectivity index (χ3n) is 4.52. The molecule has 3 aromatic rings. The van der Waals surface area contributed by atoms with Crippen LogP contribution >= 0.6 is 0 Å². The van der Waals surface area contributed by atoms with Crippen molar-refractivity contribution in [1.29, 1.82) is 0 Å². The van der Waals surface area contributed by atoms with E-state index in [1.807, 2.05) is 0 Å². The van der Waals surface area contributed by atoms with Crippen molar-refractivity contribution in [1.82, 2.24) is 30.3 Å². The highest BCUT2D eigenvalue weighted by Gasteiger charge is 2.29. The largest absolute Gasteiger partial charge is 0.361 e. The lowest BCUT2D eigenvalue weighted by atomic mass is 10.1. The van der Waals surface area contributed by atoms with Crippen LogP contribution in [0.15, 0.2) is 35.0 Å². The molecule has 0 N–H and O–H groups in total. The van der Waals surface area contributed by atoms with Gasteiger partial charge in [0.15, 0.2) is 0 Å². The summed E-state index contributed by atoms with van der Waals surface area (Å²) in [6.07, 6.45) is 3.14. The summed E-state index contributed by atoms with van der Waals surface area (Å²) in [4.78, 5) is 15.9. The fourth-order valence-corrected chi connectivity index (χ4v) is 3.10. The molecule has 1 aromatic carbocycles. The molecule has 134 valence electrons. The van der Waals surface area contributed by atoms with E-state index >= 15 is 0 Å². The van der Waals surface area contributed by atoms with Crippen molar-refractivity contribution in [2.45, 2.75) is 25.8 Å². The fraction of sp³-hybridized carbons (Fsp3) is 0.353. The Morgan fingerprint density at radius 1 is 1.31 bits per heavy atom. The lowest BCUT2D eigenvalue weighted by Gasteiger charge is -2.31. The van der Waals surface area contributed by atoms with Gasteiger partial charge in [-0.05, 0) is 49.2 Å². The van der Waals surface area contributed by atoms with Gasteiger partial charge in [0.2, 0.25) is 5.82 Å². The van der Waals surface area contributed by atoms with E-state index in [2.05, 4.69) is 20.6 Å². The lowest BCUT2D eigenvalue weighted by molar-refractivity contribution is 0.0661. The molecule has 0 aliphatic carbocycles. The molecule has 4 rings (SSSR count). The zero-order valence-electron chi connectivity index (χ0n) is 14.2. The van der Waals surface area contributed by atoms with E-state index in [0.717, 1.165) is 12.8 Å². The molecule has 1 amide bonds. The van der Waals surface area contributed by atoms with Crippen LogP contribution in [0.3, 0.4) is 0 Å². The number of piperidine rings is 1. The average molecular weight is 356 g/mol. The lowest BCUT2D eigenvalue weighted by Crippen LogP contribution is -2.41. The molecule has 8 nitrogen and oxygen atoms in total. The van der Waals surface area contributed by atoms with Crippen LogP contribution in [-0.2, 0) is 0 Å². The predicted molar refractivity (Wildman–Crippen MR) is 88.6 cm³/mol. The van der Waals surface area contributed by atoms with Gasteiger partial charge in [-0.1, -0.05) is 5.16 Å². The molecule has 1 fully saturated rings. The number of amides is 1. The van der Waals surface area contributed by atoms with Crippen LogP contribution in [0.1, 0.15) is 35.0 Å². The number of nitrogens with zero attached hydrogens (tertiary/aromatic N) is 6. The van der Waals surface area contributed by atoms with Gasteiger partial charge in [0, 0.05) is 18.7 Å². The first kappa shape index (κ1) is 16.4. The highest BCUT2D eigenvalue weighted by atomic mass is 19.1. The van der Waals surface area contributed by atoms with Crippen molar-refractivity contribution in [3.05, 3.63) is 47.6 Å². The Morgan fingerprint density at radius 3 is 2.85 bits per heavy atom. The van der Waals surface area contributed by atoms with Crippen molar-refractivity contribution in [2.75, 3.05) is 13.1 Å². The number of tetrazole rings is 1. The third-order valence-corrected chi connectivity index (χ3v) is 4.52. The number of benzene rings is 1. The van der Waals surface area contributed by atoms with Crippen molar-refractivity contribution >= 4 is 5.91 Å². The van der Waals surface area contributed by atoms with Crippen LogP contribution < -0.4 is 0 Å². The molecule has 1 aliphatic rings. The molecular weight excluding hydrogens is 339 g/mol. The maximum absolute atomic E-state index is 13.1. The standard InChI is InChI=1S/C17H17FN6O2/c1-11-15(9-19-26-11)17(25)23-8-2-3-14(10-23)24-21-16(20-22-24)12-4-6-13(18)7-5-12/h4-7,9,14H,2-3,8,10H2,1H3/t14-/m0/s1. The first-order chi connectivity index (χ1) is 12.6. The molecular formula is C17H17FN6O2. The summed E-state index contributed by atoms with van der Waals surface area (Å²) < 4.78 is 18.0. The molecule has 26 heavy (non-hydrogen) atoms. The van der Waals surface area contributed by atoms with Gasteiger partial charge in [0.1, 0.15) is 17.1 Å². The number of aromatic nitrogens is 5. The quantitative estimate of drug-likeness (QED) is 0.715. The van der Waals surface area contributed by atoms with Crippen LogP contribution in [0.2, 0.25) is 0 Å². The van der Waals surface area contributed by atoms with Gasteiger partial charge in [-0.3, -0.25) is 4.79 Å². The Morgan fingerprint density at radius 2 is 2.12 bits per heavy atom. The fourth-order valence-electron chi connectivity index (χ4n) is 3.10. The SMILES string of the molecule is Cc1oncc1C(=O)N1CCC[C@H](n2nnc(-c3ccc(F)cc3)n2)C1. The van der Waals surface area contributed by atoms with E-state index in [0.29, 0.717) is 35.8 Å². The molecule has 1 saturated heterocycles. The van der Waals surface area contributed by atoms with Gasteiger partial charge in [0.05, 0.1) is 12.2 Å². The summed E-state index contributed by atoms with van der Waals surface area (Å²) in [6.45, 7) is 2.87. The smallest absolute Gasteiger partial charge is 0.259 e. The molecule has 9 heteroatoms. The Hall–Kier alpha value is -3.10. The molecule has 2 aromatic heterocycles. The van der Waals surface area contributed by atoms with E-state index in [9.17, 15) is 9.18 Å². The second kappa shape index (κ2) is 6.66. The predicted octanol–water partition coefficient (Wildman–Crippen LogP) is 2.25. The van der Waals surface area contributed by atoms with Crippen LogP contribution in [0.5, 0.6) is 0 Å². The monoisotopic (exact) mass is 356 g/mol. The second-order valence-electron chi connectivity index (χ2n) is 6.28. The number of hydrogen-bond acceptors (Lipinski definition) is 6. The van der Waals surface area contributed by atoms with Crippen LogP contribution in [0.25, 0.3) is 11.4 Å². The first-order valence-corrected chi connectivity index (χ1v) is 8.38. The minimum Gasteiger partial charge on any atom is -0.361 e. The molecule has 0 radical (unpaired) electrons. The van der Waals surface area contributed by atoms with E-state index in [1.54, 1.807) is 28.8 Å². The average Bonchev–Trinajstić information content (AvgIpc) is 3.31. The zero-order chi connectivity index (χ0) is 18.1. The zero-order valence-corrected chi connectivity index (χ0v) is 14.2. The summed E-state index contributed by atoms with van der Waals surface area (Å²) in [7, 11) is 0. The molecule has 3 heterocycles. The number of carbonyl (C=O) groups excluding carboxylic acids is 1. The minimum atomic E-state index is -0.313. The van der Waals surface area contributed by atoms with E-state index in [-0.39, 0.29) is 17.8 Å². The van der Waals surface area contributed by atoms with Crippen molar-refractivity contribution in [3.63, 3.8) is 0 Å². The van der Waals surface area contributed by atoms with Gasteiger partial charge < -0.3 is 9.42 Å². The minimum absolute atomic E-state index is 0.0606. The maximum Gasteiger partial charge on any atom is 0.259 e. The first-order valence-electron chi connectivity index (χ1n) is 8.38. The summed E-state index contributed by atoms with van der Waals surface area (Å²) >= 11 is 0. The molecule has 0 unspecified atom stereocenters. The highest BCUT2D eigenvalue weighted by molar-refractivity contribution is 5.94. The van der Waals surface area contributed by atoms with Gasteiger partial charge in [-0.15, -0.1) is 10.2 Å². The molecule has 0 bridgehead atoms. The number of halogens is 1. The Kier molecular flexibility index (Phi) is 4.19. The number of aryl methyl sites for hydroxylation is 1. The number of carbonyl (C=O) groups is 1. The van der Waals surface area contributed by atoms with E-state index < -0.39 is 0 Å². The molecule has 1 aliphatic heterocycles. The summed E-state index contributed by atoms with van der Waals surface area (Å²) in [5, 5.41) is 16.3. The van der Waals surface area contributed by atoms with Crippen LogP contribution in [-0.4, -0.2) is 49.3 Å². The maximum atomic E-state index is 13.1. The van der Waals surface area contributed by atoms with Crippen LogP contribution in [0, 0.1) is 12.7 Å². The Bertz CT molecular complexity index is 919. The molecule has 0 spiro atoms. The Balaban J connectivity index is 1.51. The summed E-state index contributed by atoms with van der Waals surface area (Å²) in [5.41, 5.74) is 1.17. The molecule has 0 saturated carbocycles. The summed E-state index contributed by atoms with van der Waals surface area (Å²) in [5.74, 6) is 0.525. The van der Waals surface area contributed by atoms with Gasteiger partial charge >= 0.3 is 0 Å². The second-order valence-corrected chi connectivity index (χ2v) is 6.28. The Labute approximate surface area is 148 Å². The van der Waals surface area contributed by atoms with E-state index in [1.165, 1.54) is 18.3 Å². The third kappa shape index (κ3) is 3.07. The highest BCUT2D eigenvalue weighted by Crippen LogP contribution is 2.23. The van der Waals surface area contributed by atoms with Crippen molar-refractivity contribution in [2.24, 2.45) is 0 Å².